The van der Waals surface area contributed by atoms with Gasteiger partial charge in [-0.3, -0.25) is 15.0 Å². The molecule has 7 nitrogen and oxygen atoms in total. The predicted molar refractivity (Wildman–Crippen MR) is 56.1 cm³/mol. The van der Waals surface area contributed by atoms with Crippen molar-refractivity contribution >= 4 is 0 Å². The summed E-state index contributed by atoms with van der Waals surface area (Å²) < 4.78 is 26.1. The summed E-state index contributed by atoms with van der Waals surface area (Å²) >= 11 is 0. The lowest BCUT2D eigenvalue weighted by molar-refractivity contribution is 0.0125. The zero-order valence-corrected chi connectivity index (χ0v) is 9.07. The van der Waals surface area contributed by atoms with Crippen LogP contribution in [0.4, 0.5) is 8.78 Å². The molecule has 0 atom stereocenters. The minimum atomic E-state index is -3.18. The zero-order valence-electron chi connectivity index (χ0n) is 9.07. The summed E-state index contributed by atoms with van der Waals surface area (Å²) in [5.41, 5.74) is -2.40. The summed E-state index contributed by atoms with van der Waals surface area (Å²) in [6.07, 6.45) is 2.02. The molecule has 0 unspecified atom stereocenters. The highest BCUT2D eigenvalue weighted by atomic mass is 19.3. The standard InChI is InChI=1S/C9H7F2N5O2/c1-9(10,11)5-3-12-2-4(13-5)6-14-7(17)16-8(18)15-6/h2-3H,1H3,(H2,14,15,16,17,18). The first-order valence-electron chi connectivity index (χ1n) is 4.77. The van der Waals surface area contributed by atoms with E-state index in [9.17, 15) is 18.4 Å². The fourth-order valence-electron chi connectivity index (χ4n) is 1.21. The van der Waals surface area contributed by atoms with Crippen LogP contribution in [0.2, 0.25) is 0 Å². The number of rotatable bonds is 2. The highest BCUT2D eigenvalue weighted by molar-refractivity contribution is 5.46. The average Bonchev–Trinajstić information content (AvgIpc) is 2.27. The molecule has 0 bridgehead atoms. The van der Waals surface area contributed by atoms with Gasteiger partial charge in [-0.15, -0.1) is 0 Å². The summed E-state index contributed by atoms with van der Waals surface area (Å²) in [7, 11) is 0. The van der Waals surface area contributed by atoms with E-state index in [0.29, 0.717) is 6.92 Å². The van der Waals surface area contributed by atoms with Crippen LogP contribution in [0.3, 0.4) is 0 Å². The Kier molecular flexibility index (Phi) is 2.73. The maximum atomic E-state index is 13.0. The molecule has 0 amide bonds. The van der Waals surface area contributed by atoms with Gasteiger partial charge in [0.25, 0.3) is 5.92 Å². The minimum absolute atomic E-state index is 0.114. The second-order valence-electron chi connectivity index (χ2n) is 3.52. The van der Waals surface area contributed by atoms with Crippen molar-refractivity contribution in [2.75, 3.05) is 0 Å². The third kappa shape index (κ3) is 2.44. The van der Waals surface area contributed by atoms with Gasteiger partial charge in [0.2, 0.25) is 0 Å². The van der Waals surface area contributed by atoms with Gasteiger partial charge in [0.05, 0.1) is 12.4 Å². The van der Waals surface area contributed by atoms with Gasteiger partial charge < -0.3 is 0 Å². The van der Waals surface area contributed by atoms with E-state index in [-0.39, 0.29) is 11.5 Å². The van der Waals surface area contributed by atoms with Gasteiger partial charge in [-0.2, -0.15) is 13.8 Å². The van der Waals surface area contributed by atoms with Crippen LogP contribution in [0.5, 0.6) is 0 Å². The molecule has 0 radical (unpaired) electrons. The van der Waals surface area contributed by atoms with Crippen LogP contribution in [-0.4, -0.2) is 24.9 Å². The van der Waals surface area contributed by atoms with Crippen LogP contribution in [0.1, 0.15) is 12.6 Å². The van der Waals surface area contributed by atoms with E-state index in [2.05, 4.69) is 19.9 Å². The van der Waals surface area contributed by atoms with E-state index in [1.54, 1.807) is 0 Å². The van der Waals surface area contributed by atoms with Crippen molar-refractivity contribution in [2.45, 2.75) is 12.8 Å². The number of aromatic amines is 2. The normalized spacial score (nSPS) is 11.5. The Morgan fingerprint density at radius 1 is 1.17 bits per heavy atom. The molecule has 0 fully saturated rings. The third-order valence-electron chi connectivity index (χ3n) is 1.99. The minimum Gasteiger partial charge on any atom is -0.290 e. The second kappa shape index (κ2) is 4.09. The molecule has 94 valence electrons. The van der Waals surface area contributed by atoms with Crippen LogP contribution in [0, 0.1) is 0 Å². The Hall–Kier alpha value is -2.45. The molecule has 18 heavy (non-hydrogen) atoms. The smallest absolute Gasteiger partial charge is 0.290 e. The lowest BCUT2D eigenvalue weighted by Crippen LogP contribution is -2.25. The zero-order chi connectivity index (χ0) is 13.3. The molecule has 0 spiro atoms. The summed E-state index contributed by atoms with van der Waals surface area (Å²) in [5.74, 6) is -3.40. The fourth-order valence-corrected chi connectivity index (χ4v) is 1.21. The number of nitrogens with one attached hydrogen (secondary N) is 2. The van der Waals surface area contributed by atoms with E-state index < -0.39 is 23.0 Å². The van der Waals surface area contributed by atoms with Crippen molar-refractivity contribution in [2.24, 2.45) is 0 Å². The number of H-pyrrole nitrogens is 2. The number of hydrogen-bond donors (Lipinski definition) is 2. The first kappa shape index (κ1) is 12.0. The van der Waals surface area contributed by atoms with Crippen LogP contribution in [-0.2, 0) is 5.92 Å². The Balaban J connectivity index is 2.58. The Bertz CT molecular complexity index is 660. The Morgan fingerprint density at radius 2 is 1.89 bits per heavy atom. The summed E-state index contributed by atoms with van der Waals surface area (Å²) in [5, 5.41) is 0. The molecule has 0 aliphatic carbocycles. The number of nitrogens with zero attached hydrogens (tertiary/aromatic N) is 3. The van der Waals surface area contributed by atoms with E-state index in [1.165, 1.54) is 0 Å². The van der Waals surface area contributed by atoms with Gasteiger partial charge in [-0.05, 0) is 0 Å². The van der Waals surface area contributed by atoms with Crippen LogP contribution >= 0.6 is 0 Å². The van der Waals surface area contributed by atoms with Crippen molar-refractivity contribution < 1.29 is 8.78 Å². The second-order valence-corrected chi connectivity index (χ2v) is 3.52. The summed E-state index contributed by atoms with van der Waals surface area (Å²) in [6, 6.07) is 0. The highest BCUT2D eigenvalue weighted by Crippen LogP contribution is 2.25. The quantitative estimate of drug-likeness (QED) is 0.787. The van der Waals surface area contributed by atoms with Crippen molar-refractivity contribution in [3.8, 4) is 11.5 Å². The third-order valence-corrected chi connectivity index (χ3v) is 1.99. The largest absolute Gasteiger partial charge is 0.351 e. The molecule has 0 saturated carbocycles. The van der Waals surface area contributed by atoms with Gasteiger partial charge in [-0.1, -0.05) is 0 Å². The molecule has 9 heteroatoms. The molecule has 2 N–H and O–H groups in total. The van der Waals surface area contributed by atoms with Crippen molar-refractivity contribution in [3.05, 3.63) is 39.1 Å². The molecule has 2 rings (SSSR count). The summed E-state index contributed by atoms with van der Waals surface area (Å²) in [6.45, 7) is 0.661. The number of halogens is 2. The van der Waals surface area contributed by atoms with E-state index in [1.807, 2.05) is 4.98 Å². The molecule has 2 heterocycles. The Labute approximate surface area is 98.0 Å². The van der Waals surface area contributed by atoms with E-state index >= 15 is 0 Å². The molecule has 0 saturated heterocycles. The van der Waals surface area contributed by atoms with Gasteiger partial charge in [0, 0.05) is 6.92 Å². The lowest BCUT2D eigenvalue weighted by Gasteiger charge is -2.09. The van der Waals surface area contributed by atoms with Gasteiger partial charge in [0.15, 0.2) is 5.82 Å². The maximum Gasteiger partial charge on any atom is 0.351 e. The molecule has 0 aromatic carbocycles. The van der Waals surface area contributed by atoms with Gasteiger partial charge >= 0.3 is 11.4 Å². The summed E-state index contributed by atoms with van der Waals surface area (Å²) in [4.78, 5) is 36.6. The van der Waals surface area contributed by atoms with Crippen LogP contribution in [0.25, 0.3) is 11.5 Å². The SMILES string of the molecule is CC(F)(F)c1cncc(-c2nc(=O)[nH]c(=O)[nH]2)n1. The van der Waals surface area contributed by atoms with Crippen LogP contribution in [0.15, 0.2) is 22.0 Å². The van der Waals surface area contributed by atoms with Crippen molar-refractivity contribution in [3.63, 3.8) is 0 Å². The fraction of sp³-hybridized carbons (Fsp3) is 0.222. The molecule has 0 aliphatic rings. The van der Waals surface area contributed by atoms with Gasteiger partial charge in [-0.25, -0.2) is 14.6 Å². The Morgan fingerprint density at radius 3 is 2.50 bits per heavy atom. The maximum absolute atomic E-state index is 13.0. The molecule has 0 aliphatic heterocycles. The molecular weight excluding hydrogens is 248 g/mol. The average molecular weight is 255 g/mol. The van der Waals surface area contributed by atoms with Crippen LogP contribution < -0.4 is 11.4 Å². The number of hydrogen-bond acceptors (Lipinski definition) is 5. The topological polar surface area (TPSA) is 104 Å². The van der Waals surface area contributed by atoms with Gasteiger partial charge in [0.1, 0.15) is 11.4 Å². The predicted octanol–water partition coefficient (Wildman–Crippen LogP) is 0.0269. The molecule has 2 aromatic heterocycles. The van der Waals surface area contributed by atoms with E-state index in [0.717, 1.165) is 12.4 Å². The van der Waals surface area contributed by atoms with Crippen molar-refractivity contribution in [1.82, 2.24) is 24.9 Å². The highest BCUT2D eigenvalue weighted by Gasteiger charge is 2.27. The first-order chi connectivity index (χ1) is 8.36. The number of aromatic nitrogens is 5. The van der Waals surface area contributed by atoms with Crippen molar-refractivity contribution in [1.29, 1.82) is 0 Å². The lowest BCUT2D eigenvalue weighted by atomic mass is 10.3. The molecule has 2 aromatic rings. The molecular formula is C9H7F2N5O2. The number of alkyl halides is 2. The first-order valence-corrected chi connectivity index (χ1v) is 4.77. The monoisotopic (exact) mass is 255 g/mol. The van der Waals surface area contributed by atoms with E-state index in [4.69, 9.17) is 0 Å².